The van der Waals surface area contributed by atoms with Gasteiger partial charge in [-0.2, -0.15) is 0 Å². The lowest BCUT2D eigenvalue weighted by Crippen LogP contribution is -2.36. The summed E-state index contributed by atoms with van der Waals surface area (Å²) < 4.78 is 11.0. The van der Waals surface area contributed by atoms with Crippen LogP contribution in [0.4, 0.5) is 10.5 Å². The van der Waals surface area contributed by atoms with Crippen LogP contribution in [-0.4, -0.2) is 46.7 Å². The minimum absolute atomic E-state index is 0.0656. The van der Waals surface area contributed by atoms with Crippen molar-refractivity contribution in [2.75, 3.05) is 13.1 Å². The van der Waals surface area contributed by atoms with Gasteiger partial charge in [0.1, 0.15) is 11.7 Å². The van der Waals surface area contributed by atoms with Crippen LogP contribution in [0.15, 0.2) is 24.3 Å². The highest BCUT2D eigenvalue weighted by Crippen LogP contribution is 2.40. The van der Waals surface area contributed by atoms with Crippen molar-refractivity contribution in [3.63, 3.8) is 0 Å². The van der Waals surface area contributed by atoms with Crippen LogP contribution in [0.3, 0.4) is 0 Å². The van der Waals surface area contributed by atoms with Gasteiger partial charge in [-0.3, -0.25) is 10.1 Å². The number of amides is 1. The third kappa shape index (κ3) is 4.56. The van der Waals surface area contributed by atoms with E-state index in [-0.39, 0.29) is 17.9 Å². The number of ether oxygens (including phenoxy) is 2. The Morgan fingerprint density at radius 3 is 2.15 bits per heavy atom. The molecule has 1 aromatic carbocycles. The summed E-state index contributed by atoms with van der Waals surface area (Å²) in [5, 5.41) is 10.7. The van der Waals surface area contributed by atoms with Crippen LogP contribution < -0.4 is 0 Å². The molecule has 1 saturated heterocycles. The molecule has 27 heavy (non-hydrogen) atoms. The van der Waals surface area contributed by atoms with Crippen LogP contribution in [0.2, 0.25) is 0 Å². The molecule has 1 heterocycles. The van der Waals surface area contributed by atoms with Crippen LogP contribution in [0, 0.1) is 22.0 Å². The maximum Gasteiger partial charge on any atom is 0.410 e. The second-order valence-electron chi connectivity index (χ2n) is 8.21. The Hall–Kier alpha value is -2.64. The van der Waals surface area contributed by atoms with Crippen LogP contribution in [0.5, 0.6) is 0 Å². The second-order valence-corrected chi connectivity index (χ2v) is 8.21. The minimum Gasteiger partial charge on any atom is -0.459 e. The summed E-state index contributed by atoms with van der Waals surface area (Å²) in [6.07, 6.45) is 0.936. The fourth-order valence-electron chi connectivity index (χ4n) is 3.75. The number of carbonyl (C=O) groups is 2. The Bertz CT molecular complexity index is 726. The minimum atomic E-state index is -0.516. The van der Waals surface area contributed by atoms with E-state index in [0.717, 1.165) is 0 Å². The van der Waals surface area contributed by atoms with E-state index in [4.69, 9.17) is 9.47 Å². The van der Waals surface area contributed by atoms with E-state index in [0.29, 0.717) is 43.3 Å². The lowest BCUT2D eigenvalue weighted by molar-refractivity contribution is -0.384. The fraction of sp³-hybridized carbons (Fsp3) is 0.579. The quantitative estimate of drug-likeness (QED) is 0.455. The standard InChI is InChI=1S/C19H24N2O6/c1-19(2,3)27-18(23)20-10-13-8-16(9-14(13)11-20)26-17(22)12-4-6-15(7-5-12)21(24)25/h4-7,13-14,16H,8-11H2,1-3H3/t13-,14+,16+. The number of nitro benzene ring substituents is 1. The number of hydrogen-bond donors (Lipinski definition) is 0. The van der Waals surface area contributed by atoms with Gasteiger partial charge in [0.25, 0.3) is 5.69 Å². The van der Waals surface area contributed by atoms with Crippen LogP contribution in [-0.2, 0) is 9.47 Å². The predicted octanol–water partition coefficient (Wildman–Crippen LogP) is 3.40. The number of likely N-dealkylation sites (tertiary alicyclic amines) is 1. The van der Waals surface area contributed by atoms with Gasteiger partial charge in [-0.15, -0.1) is 0 Å². The van der Waals surface area contributed by atoms with Gasteiger partial charge in [0.15, 0.2) is 0 Å². The SMILES string of the molecule is CC(C)(C)OC(=O)N1C[C@H]2C[C@H](OC(=O)c3ccc([N+](=O)[O-])cc3)C[C@H]2C1. The van der Waals surface area contributed by atoms with Gasteiger partial charge in [0.05, 0.1) is 10.5 Å². The molecule has 0 N–H and O–H groups in total. The summed E-state index contributed by atoms with van der Waals surface area (Å²) in [6, 6.07) is 5.39. The van der Waals surface area contributed by atoms with E-state index < -0.39 is 16.5 Å². The number of carbonyl (C=O) groups excluding carboxylic acids is 2. The zero-order valence-corrected chi connectivity index (χ0v) is 15.7. The van der Waals surface area contributed by atoms with E-state index in [2.05, 4.69) is 0 Å². The molecular weight excluding hydrogens is 352 g/mol. The van der Waals surface area contributed by atoms with Gasteiger partial charge < -0.3 is 14.4 Å². The summed E-state index contributed by atoms with van der Waals surface area (Å²) in [6.45, 7) is 6.76. The van der Waals surface area contributed by atoms with Crippen molar-refractivity contribution in [1.29, 1.82) is 0 Å². The van der Waals surface area contributed by atoms with Gasteiger partial charge >= 0.3 is 12.1 Å². The Balaban J connectivity index is 1.51. The molecule has 1 aliphatic carbocycles. The molecule has 1 aliphatic heterocycles. The number of nitrogens with zero attached hydrogens (tertiary/aromatic N) is 2. The molecule has 0 radical (unpaired) electrons. The lowest BCUT2D eigenvalue weighted by Gasteiger charge is -2.25. The first-order chi connectivity index (χ1) is 12.6. The number of esters is 1. The topological polar surface area (TPSA) is 99.0 Å². The van der Waals surface area contributed by atoms with Crippen LogP contribution in [0.25, 0.3) is 0 Å². The van der Waals surface area contributed by atoms with Crippen LogP contribution in [0.1, 0.15) is 44.0 Å². The molecule has 2 aliphatic rings. The maximum absolute atomic E-state index is 12.3. The number of hydrogen-bond acceptors (Lipinski definition) is 6. The Morgan fingerprint density at radius 1 is 1.11 bits per heavy atom. The van der Waals surface area contributed by atoms with Crippen LogP contribution >= 0.6 is 0 Å². The zero-order chi connectivity index (χ0) is 19.8. The molecule has 1 saturated carbocycles. The molecule has 146 valence electrons. The molecule has 8 heteroatoms. The second kappa shape index (κ2) is 7.17. The molecule has 8 nitrogen and oxygen atoms in total. The highest BCUT2D eigenvalue weighted by molar-refractivity contribution is 5.89. The monoisotopic (exact) mass is 376 g/mol. The van der Waals surface area contributed by atoms with E-state index in [1.807, 2.05) is 20.8 Å². The number of non-ortho nitro benzene ring substituents is 1. The predicted molar refractivity (Wildman–Crippen MR) is 96.3 cm³/mol. The molecular formula is C19H24N2O6. The Morgan fingerprint density at radius 2 is 1.67 bits per heavy atom. The molecule has 3 rings (SSSR count). The zero-order valence-electron chi connectivity index (χ0n) is 15.7. The summed E-state index contributed by atoms with van der Waals surface area (Å²) in [5.41, 5.74) is -0.283. The molecule has 0 unspecified atom stereocenters. The molecule has 0 spiro atoms. The van der Waals surface area contributed by atoms with E-state index in [1.54, 1.807) is 4.90 Å². The highest BCUT2D eigenvalue weighted by atomic mass is 16.6. The van der Waals surface area contributed by atoms with Gasteiger partial charge in [-0.25, -0.2) is 9.59 Å². The first-order valence-electron chi connectivity index (χ1n) is 9.06. The molecule has 1 amide bonds. The molecule has 0 aromatic heterocycles. The number of rotatable bonds is 3. The average Bonchev–Trinajstić information content (AvgIpc) is 3.11. The molecule has 2 fully saturated rings. The Labute approximate surface area is 157 Å². The lowest BCUT2D eigenvalue weighted by atomic mass is 10.0. The summed E-state index contributed by atoms with van der Waals surface area (Å²) in [4.78, 5) is 36.3. The van der Waals surface area contributed by atoms with Gasteiger partial charge in [-0.1, -0.05) is 0 Å². The largest absolute Gasteiger partial charge is 0.459 e. The first-order valence-corrected chi connectivity index (χ1v) is 9.06. The molecule has 0 bridgehead atoms. The number of nitro groups is 1. The first kappa shape index (κ1) is 19.1. The van der Waals surface area contributed by atoms with Crippen molar-refractivity contribution in [3.05, 3.63) is 39.9 Å². The Kier molecular flexibility index (Phi) is 5.08. The van der Waals surface area contributed by atoms with Crippen molar-refractivity contribution in [2.24, 2.45) is 11.8 Å². The normalized spacial score (nSPS) is 24.4. The van der Waals surface area contributed by atoms with Crippen molar-refractivity contribution in [1.82, 2.24) is 4.90 Å². The number of fused-ring (bicyclic) bond motifs is 1. The van der Waals surface area contributed by atoms with Gasteiger partial charge in [0, 0.05) is 25.2 Å². The average molecular weight is 376 g/mol. The third-order valence-corrected chi connectivity index (χ3v) is 4.95. The summed E-state index contributed by atoms with van der Waals surface area (Å²) in [5.74, 6) is 0.123. The summed E-state index contributed by atoms with van der Waals surface area (Å²) >= 11 is 0. The summed E-state index contributed by atoms with van der Waals surface area (Å²) in [7, 11) is 0. The third-order valence-electron chi connectivity index (χ3n) is 4.95. The van der Waals surface area contributed by atoms with E-state index in [9.17, 15) is 19.7 Å². The van der Waals surface area contributed by atoms with Gasteiger partial charge in [0.2, 0.25) is 0 Å². The molecule has 1 aromatic rings. The van der Waals surface area contributed by atoms with Gasteiger partial charge in [-0.05, 0) is 57.6 Å². The van der Waals surface area contributed by atoms with Crippen molar-refractivity contribution < 1.29 is 24.0 Å². The fourth-order valence-corrected chi connectivity index (χ4v) is 3.75. The smallest absolute Gasteiger partial charge is 0.410 e. The maximum atomic E-state index is 12.3. The van der Waals surface area contributed by atoms with Crippen molar-refractivity contribution in [3.8, 4) is 0 Å². The van der Waals surface area contributed by atoms with Crippen molar-refractivity contribution >= 4 is 17.7 Å². The van der Waals surface area contributed by atoms with E-state index in [1.165, 1.54) is 24.3 Å². The number of benzene rings is 1. The molecule has 3 atom stereocenters. The van der Waals surface area contributed by atoms with Crippen molar-refractivity contribution in [2.45, 2.75) is 45.3 Å². The highest BCUT2D eigenvalue weighted by Gasteiger charge is 2.44. The van der Waals surface area contributed by atoms with E-state index >= 15 is 0 Å².